The molecule has 0 saturated carbocycles. The number of H-pyrrole nitrogens is 1. The number of imidazole rings is 1. The second-order valence-corrected chi connectivity index (χ2v) is 15.9. The van der Waals surface area contributed by atoms with Gasteiger partial charge in [0.2, 0.25) is 0 Å². The van der Waals surface area contributed by atoms with Gasteiger partial charge in [0.15, 0.2) is 11.6 Å². The van der Waals surface area contributed by atoms with Crippen molar-refractivity contribution in [3.63, 3.8) is 0 Å². The van der Waals surface area contributed by atoms with E-state index in [1.165, 1.54) is 23.1 Å². The van der Waals surface area contributed by atoms with Crippen molar-refractivity contribution in [2.45, 2.75) is 51.7 Å². The molecule has 3 heterocycles. The predicted octanol–water partition coefficient (Wildman–Crippen LogP) is 7.10. The summed E-state index contributed by atoms with van der Waals surface area (Å²) in [5, 5.41) is -0.119. The molecule has 0 radical (unpaired) electrons. The van der Waals surface area contributed by atoms with Crippen molar-refractivity contribution in [2.24, 2.45) is 0 Å². The first-order valence-corrected chi connectivity index (χ1v) is 15.7. The zero-order chi connectivity index (χ0) is 27.9. The Hall–Kier alpha value is -3.98. The molecule has 0 atom stereocenters. The minimum absolute atomic E-state index is 0.119. The van der Waals surface area contributed by atoms with Crippen LogP contribution in [0.5, 0.6) is 5.75 Å². The Morgan fingerprint density at radius 2 is 1.79 bits per heavy atom. The number of nitrogens with one attached hydrogen (secondary N) is 1. The molecule has 0 fully saturated rings. The molecule has 0 aliphatic carbocycles. The third kappa shape index (κ3) is 5.18. The highest BCUT2D eigenvalue weighted by atomic mass is 28.4. The van der Waals surface area contributed by atoms with Crippen LogP contribution in [0.25, 0.3) is 17.1 Å². The molecular weight excluding hydrogens is 516 g/mol. The zero-order valence-electron chi connectivity index (χ0n) is 22.6. The molecule has 1 aromatic heterocycles. The van der Waals surface area contributed by atoms with Gasteiger partial charge in [-0.1, -0.05) is 45.0 Å². The number of aromatic amines is 1. The maximum absolute atomic E-state index is 16.0. The molecule has 0 spiro atoms. The number of halogens is 2. The summed E-state index contributed by atoms with van der Waals surface area (Å²) in [6, 6.07) is 14.9. The van der Waals surface area contributed by atoms with Crippen LogP contribution in [0.4, 0.5) is 8.78 Å². The van der Waals surface area contributed by atoms with Crippen LogP contribution >= 0.6 is 0 Å². The van der Waals surface area contributed by atoms with E-state index in [1.54, 1.807) is 48.5 Å². The van der Waals surface area contributed by atoms with Crippen LogP contribution in [0.2, 0.25) is 18.1 Å². The Bertz CT molecular complexity index is 1650. The smallest absolute Gasteiger partial charge is 0.278 e. The van der Waals surface area contributed by atoms with E-state index < -0.39 is 14.1 Å². The molecule has 1 N–H and O–H groups in total. The van der Waals surface area contributed by atoms with Crippen molar-refractivity contribution in [1.29, 1.82) is 0 Å². The first kappa shape index (κ1) is 26.6. The molecule has 0 saturated heterocycles. The molecular formula is C30H31F2N3O3Si. The predicted molar refractivity (Wildman–Crippen MR) is 149 cm³/mol. The highest BCUT2D eigenvalue weighted by molar-refractivity contribution is 6.74. The topological polar surface area (TPSA) is 73.1 Å². The Morgan fingerprint density at radius 1 is 1.03 bits per heavy atom. The summed E-state index contributed by atoms with van der Waals surface area (Å²) in [7, 11) is -2.32. The molecule has 5 rings (SSSR count). The van der Waals surface area contributed by atoms with Gasteiger partial charge in [0, 0.05) is 18.2 Å². The fraction of sp³-hybridized carbons (Fsp3) is 0.267. The van der Waals surface area contributed by atoms with E-state index >= 15 is 4.39 Å². The number of furan rings is 1. The number of nitrogens with zero attached hydrogens (tertiary/aromatic N) is 2. The van der Waals surface area contributed by atoms with Gasteiger partial charge in [-0.3, -0.25) is 9.36 Å². The molecule has 0 amide bonds. The van der Waals surface area contributed by atoms with Gasteiger partial charge in [0.1, 0.15) is 23.0 Å². The lowest BCUT2D eigenvalue weighted by atomic mass is 10.1. The van der Waals surface area contributed by atoms with Crippen molar-refractivity contribution in [1.82, 2.24) is 14.5 Å². The number of hydrogen-bond acceptors (Lipinski definition) is 4. The van der Waals surface area contributed by atoms with Gasteiger partial charge in [-0.25, -0.2) is 13.8 Å². The Balaban J connectivity index is 1.65. The maximum Gasteiger partial charge on any atom is 0.278 e. The number of hydrogen-bond donors (Lipinski definition) is 1. The molecule has 202 valence electrons. The van der Waals surface area contributed by atoms with E-state index in [2.05, 4.69) is 43.8 Å². The standard InChI is InChI=1S/C30H31F2N3O3Si/c1-30(2,3)39(4,5)38-26-14-8-12-21(27(26)32)25-18-35-28(23(33-25)16-19-10-6-7-13-22(19)31)34-24(29(35)36)17-20-11-9-15-37-20/h6-15,18,33H,16-17H2,1-5H3. The summed E-state index contributed by atoms with van der Waals surface area (Å²) in [5.74, 6) is 0.197. The molecule has 0 bridgehead atoms. The summed E-state index contributed by atoms with van der Waals surface area (Å²) >= 11 is 0. The largest absolute Gasteiger partial charge is 0.542 e. The fourth-order valence-electron chi connectivity index (χ4n) is 4.19. The van der Waals surface area contributed by atoms with Crippen molar-refractivity contribution in [2.75, 3.05) is 0 Å². The summed E-state index contributed by atoms with van der Waals surface area (Å²) < 4.78 is 43.7. The summed E-state index contributed by atoms with van der Waals surface area (Å²) in [6.07, 6.45) is 3.40. The number of fused-ring (bicyclic) bond motifs is 1. The second kappa shape index (κ2) is 9.96. The van der Waals surface area contributed by atoms with Crippen LogP contribution in [-0.2, 0) is 12.8 Å². The number of aromatic nitrogens is 3. The lowest BCUT2D eigenvalue weighted by Crippen LogP contribution is -2.44. The number of benzene rings is 2. The summed E-state index contributed by atoms with van der Waals surface area (Å²) in [6.45, 7) is 10.4. The summed E-state index contributed by atoms with van der Waals surface area (Å²) in [5.41, 5.74) is 1.43. The average Bonchev–Trinajstić information content (AvgIpc) is 3.49. The minimum Gasteiger partial charge on any atom is -0.542 e. The minimum atomic E-state index is -2.32. The highest BCUT2D eigenvalue weighted by Crippen LogP contribution is 2.39. The Kier molecular flexibility index (Phi) is 6.80. The second-order valence-electron chi connectivity index (χ2n) is 11.2. The van der Waals surface area contributed by atoms with Crippen LogP contribution in [0.15, 0.2) is 76.3 Å². The summed E-state index contributed by atoms with van der Waals surface area (Å²) in [4.78, 5) is 21.2. The van der Waals surface area contributed by atoms with Gasteiger partial charge in [-0.05, 0) is 54.0 Å². The van der Waals surface area contributed by atoms with Gasteiger partial charge in [-0.2, -0.15) is 0 Å². The average molecular weight is 548 g/mol. The first-order chi connectivity index (χ1) is 18.4. The van der Waals surface area contributed by atoms with Crippen LogP contribution in [-0.4, -0.2) is 22.9 Å². The molecule has 3 aromatic rings. The van der Waals surface area contributed by atoms with Gasteiger partial charge < -0.3 is 13.8 Å². The van der Waals surface area contributed by atoms with Gasteiger partial charge in [0.05, 0.1) is 24.1 Å². The van der Waals surface area contributed by atoms with E-state index in [4.69, 9.17) is 8.84 Å². The third-order valence-corrected chi connectivity index (χ3v) is 11.8. The molecule has 2 aliphatic rings. The zero-order valence-corrected chi connectivity index (χ0v) is 23.6. The Labute approximate surface area is 226 Å². The van der Waals surface area contributed by atoms with Crippen molar-refractivity contribution in [3.8, 4) is 22.8 Å². The van der Waals surface area contributed by atoms with Gasteiger partial charge in [0.25, 0.3) is 13.9 Å². The molecule has 9 heteroatoms. The normalized spacial score (nSPS) is 12.3. The van der Waals surface area contributed by atoms with Crippen molar-refractivity contribution < 1.29 is 17.6 Å². The van der Waals surface area contributed by atoms with Crippen molar-refractivity contribution >= 4 is 8.32 Å². The fourth-order valence-corrected chi connectivity index (χ4v) is 5.20. The van der Waals surface area contributed by atoms with E-state index in [9.17, 15) is 9.18 Å². The van der Waals surface area contributed by atoms with Crippen LogP contribution in [0, 0.1) is 11.6 Å². The molecule has 39 heavy (non-hydrogen) atoms. The third-order valence-electron chi connectivity index (χ3n) is 7.42. The van der Waals surface area contributed by atoms with Crippen LogP contribution < -0.4 is 9.99 Å². The van der Waals surface area contributed by atoms with Gasteiger partial charge in [-0.15, -0.1) is 0 Å². The number of rotatable bonds is 7. The maximum atomic E-state index is 16.0. The highest BCUT2D eigenvalue weighted by Gasteiger charge is 2.39. The van der Waals surface area contributed by atoms with Gasteiger partial charge >= 0.3 is 0 Å². The monoisotopic (exact) mass is 547 g/mol. The molecule has 2 aromatic carbocycles. The lowest BCUT2D eigenvalue weighted by molar-refractivity contribution is 0.458. The van der Waals surface area contributed by atoms with Crippen LogP contribution in [0.1, 0.15) is 43.5 Å². The van der Waals surface area contributed by atoms with E-state index in [1.807, 2.05) is 0 Å². The molecule has 0 unspecified atom stereocenters. The van der Waals surface area contributed by atoms with E-state index in [0.717, 1.165) is 0 Å². The SMILES string of the molecule is CC(C)(C)[Si](C)(C)Oc1cccc(-c2cn3c(=O)c(Cc4ccco4)nc-3c(Cc3ccccc3F)[nH]2)c1F. The van der Waals surface area contributed by atoms with E-state index in [0.29, 0.717) is 28.5 Å². The Morgan fingerprint density at radius 3 is 2.49 bits per heavy atom. The van der Waals surface area contributed by atoms with Crippen molar-refractivity contribution in [3.05, 3.63) is 112 Å². The van der Waals surface area contributed by atoms with Crippen LogP contribution in [0.3, 0.4) is 0 Å². The van der Waals surface area contributed by atoms with E-state index in [-0.39, 0.29) is 46.3 Å². The lowest BCUT2D eigenvalue weighted by Gasteiger charge is -2.36. The quantitative estimate of drug-likeness (QED) is 0.221. The molecule has 2 aliphatic heterocycles. The molecule has 6 nitrogen and oxygen atoms in total. The first-order valence-electron chi connectivity index (χ1n) is 12.8.